The molecule has 0 saturated carbocycles. The zero-order valence-electron chi connectivity index (χ0n) is 18.4. The Kier molecular flexibility index (Phi) is 6.80. The molecule has 1 N–H and O–H groups in total. The summed E-state index contributed by atoms with van der Waals surface area (Å²) in [5.74, 6) is 0.729. The smallest absolute Gasteiger partial charge is 0.312 e. The van der Waals surface area contributed by atoms with Crippen molar-refractivity contribution < 1.29 is 38.3 Å². The second-order valence-corrected chi connectivity index (χ2v) is 6.96. The molecule has 0 saturated heterocycles. The van der Waals surface area contributed by atoms with Gasteiger partial charge in [-0.2, -0.15) is 0 Å². The molecule has 2 aromatic carbocycles. The number of carbonyl (C=O) groups is 1. The Labute approximate surface area is 181 Å². The van der Waals surface area contributed by atoms with Gasteiger partial charge in [-0.15, -0.1) is 0 Å². The van der Waals surface area contributed by atoms with Gasteiger partial charge in [-0.05, 0) is 48.7 Å². The van der Waals surface area contributed by atoms with E-state index in [9.17, 15) is 9.90 Å². The number of carbonyl (C=O) groups excluding carboxylic acids is 1. The molecule has 8 heteroatoms. The van der Waals surface area contributed by atoms with E-state index in [-0.39, 0.29) is 13.4 Å². The van der Waals surface area contributed by atoms with Crippen molar-refractivity contribution >= 4 is 5.97 Å². The van der Waals surface area contributed by atoms with Crippen molar-refractivity contribution in [1.82, 2.24) is 0 Å². The minimum Gasteiger partial charge on any atom is -0.493 e. The molecule has 0 unspecified atom stereocenters. The molecule has 0 radical (unpaired) electrons. The summed E-state index contributed by atoms with van der Waals surface area (Å²) in [5, 5.41) is 12.2. The van der Waals surface area contributed by atoms with Crippen LogP contribution in [0.25, 0.3) is 0 Å². The van der Waals surface area contributed by atoms with E-state index >= 15 is 0 Å². The van der Waals surface area contributed by atoms with E-state index in [1.165, 1.54) is 21.3 Å². The zero-order chi connectivity index (χ0) is 22.6. The molecular formula is C23H28O8. The molecule has 2 atom stereocenters. The van der Waals surface area contributed by atoms with Crippen molar-refractivity contribution in [1.29, 1.82) is 0 Å². The summed E-state index contributed by atoms with van der Waals surface area (Å²) in [6.07, 6.45) is 0.320. The first-order valence-electron chi connectivity index (χ1n) is 10.0. The van der Waals surface area contributed by atoms with Gasteiger partial charge >= 0.3 is 5.97 Å². The van der Waals surface area contributed by atoms with Crippen molar-refractivity contribution in [2.45, 2.75) is 25.9 Å². The molecule has 0 spiro atoms. The maximum Gasteiger partial charge on any atom is 0.312 e. The van der Waals surface area contributed by atoms with Crippen molar-refractivity contribution in [3.05, 3.63) is 41.5 Å². The fraction of sp³-hybridized carbons (Fsp3) is 0.435. The molecular weight excluding hydrogens is 404 g/mol. The largest absolute Gasteiger partial charge is 0.493 e. The van der Waals surface area contributed by atoms with Gasteiger partial charge in [-0.25, -0.2) is 0 Å². The number of hydrogen-bond acceptors (Lipinski definition) is 8. The van der Waals surface area contributed by atoms with E-state index in [2.05, 4.69) is 0 Å². The van der Waals surface area contributed by atoms with E-state index in [1.54, 1.807) is 37.3 Å². The normalized spacial score (nSPS) is 15.0. The highest BCUT2D eigenvalue weighted by Gasteiger charge is 2.46. The topological polar surface area (TPSA) is 92.7 Å². The lowest BCUT2D eigenvalue weighted by molar-refractivity contribution is -0.156. The van der Waals surface area contributed by atoms with Crippen LogP contribution < -0.4 is 23.7 Å². The Morgan fingerprint density at radius 3 is 2.19 bits per heavy atom. The number of esters is 1. The van der Waals surface area contributed by atoms with Crippen LogP contribution in [0.2, 0.25) is 0 Å². The van der Waals surface area contributed by atoms with Gasteiger partial charge < -0.3 is 33.5 Å². The predicted molar refractivity (Wildman–Crippen MR) is 112 cm³/mol. The van der Waals surface area contributed by atoms with Gasteiger partial charge in [0.05, 0.1) is 33.9 Å². The number of rotatable bonds is 9. The molecule has 3 rings (SSSR count). The first kappa shape index (κ1) is 22.6. The summed E-state index contributed by atoms with van der Waals surface area (Å²) in [7, 11) is 4.48. The molecule has 1 heterocycles. The molecule has 2 aromatic rings. The molecule has 1 aliphatic rings. The Morgan fingerprint density at radius 2 is 1.65 bits per heavy atom. The number of methoxy groups -OCH3 is 3. The molecule has 31 heavy (non-hydrogen) atoms. The first-order chi connectivity index (χ1) is 14.9. The van der Waals surface area contributed by atoms with Crippen LogP contribution in [0, 0.1) is 5.92 Å². The number of aliphatic hydroxyl groups is 1. The molecule has 168 valence electrons. The van der Waals surface area contributed by atoms with E-state index in [0.717, 1.165) is 0 Å². The highest BCUT2D eigenvalue weighted by molar-refractivity contribution is 5.76. The molecule has 0 amide bonds. The molecule has 0 fully saturated rings. The maximum atomic E-state index is 12.9. The van der Waals surface area contributed by atoms with E-state index in [0.29, 0.717) is 46.3 Å². The van der Waals surface area contributed by atoms with Crippen LogP contribution in [0.15, 0.2) is 30.3 Å². The van der Waals surface area contributed by atoms with Gasteiger partial charge in [0.15, 0.2) is 23.0 Å². The minimum atomic E-state index is -1.77. The Hall–Kier alpha value is -3.13. The number of benzene rings is 2. The third-order valence-corrected chi connectivity index (χ3v) is 5.40. The number of fused-ring (bicyclic) bond motifs is 1. The highest BCUT2D eigenvalue weighted by Crippen LogP contribution is 2.48. The van der Waals surface area contributed by atoms with E-state index < -0.39 is 17.5 Å². The van der Waals surface area contributed by atoms with E-state index in [1.807, 2.05) is 6.92 Å². The maximum absolute atomic E-state index is 12.9. The zero-order valence-corrected chi connectivity index (χ0v) is 18.4. The van der Waals surface area contributed by atoms with Crippen molar-refractivity contribution in [2.75, 3.05) is 34.7 Å². The lowest BCUT2D eigenvalue weighted by Gasteiger charge is -2.36. The Bertz CT molecular complexity index is 916. The summed E-state index contributed by atoms with van der Waals surface area (Å²) in [5.41, 5.74) is -0.930. The molecule has 8 nitrogen and oxygen atoms in total. The quantitative estimate of drug-likeness (QED) is 0.604. The van der Waals surface area contributed by atoms with Gasteiger partial charge in [0.1, 0.15) is 5.60 Å². The SMILES string of the molecule is CCOC(=O)[C@@H](CC)[C@](O)(c1ccc2c(c1)OCO2)c1cc(OC)c(OC)c(OC)c1. The van der Waals surface area contributed by atoms with Gasteiger partial charge in [0.25, 0.3) is 0 Å². The van der Waals surface area contributed by atoms with Gasteiger partial charge in [-0.3, -0.25) is 4.79 Å². The Balaban J connectivity index is 2.27. The summed E-state index contributed by atoms with van der Waals surface area (Å²) in [6.45, 7) is 3.83. The average molecular weight is 432 g/mol. The number of ether oxygens (including phenoxy) is 6. The van der Waals surface area contributed by atoms with Crippen LogP contribution in [0.5, 0.6) is 28.7 Å². The molecule has 0 bridgehead atoms. The lowest BCUT2D eigenvalue weighted by Crippen LogP contribution is -2.41. The van der Waals surface area contributed by atoms with Crippen LogP contribution in [0.3, 0.4) is 0 Å². The van der Waals surface area contributed by atoms with Crippen LogP contribution in [0.4, 0.5) is 0 Å². The van der Waals surface area contributed by atoms with Crippen LogP contribution >= 0.6 is 0 Å². The van der Waals surface area contributed by atoms with Gasteiger partial charge in [0, 0.05) is 0 Å². The first-order valence-corrected chi connectivity index (χ1v) is 10.0. The van der Waals surface area contributed by atoms with Crippen molar-refractivity contribution in [2.24, 2.45) is 5.92 Å². The van der Waals surface area contributed by atoms with Gasteiger partial charge in [-0.1, -0.05) is 13.0 Å². The van der Waals surface area contributed by atoms with Crippen LogP contribution in [-0.4, -0.2) is 45.8 Å². The summed E-state index contributed by atoms with van der Waals surface area (Å²) in [6, 6.07) is 8.35. The molecule has 0 aliphatic carbocycles. The second-order valence-electron chi connectivity index (χ2n) is 6.96. The van der Waals surface area contributed by atoms with Crippen molar-refractivity contribution in [3.8, 4) is 28.7 Å². The third kappa shape index (κ3) is 3.95. The number of hydrogen-bond donors (Lipinski definition) is 1. The van der Waals surface area contributed by atoms with Crippen LogP contribution in [-0.2, 0) is 15.1 Å². The minimum absolute atomic E-state index is 0.0937. The van der Waals surface area contributed by atoms with E-state index in [4.69, 9.17) is 28.4 Å². The highest BCUT2D eigenvalue weighted by atomic mass is 16.7. The summed E-state index contributed by atoms with van der Waals surface area (Å²) < 4.78 is 32.5. The molecule has 1 aliphatic heterocycles. The third-order valence-electron chi connectivity index (χ3n) is 5.40. The standard InChI is InChI=1S/C23H28O8/c1-6-16(22(24)29-7-2)23(25,14-8-9-17-18(10-14)31-13-30-17)15-11-19(26-3)21(28-5)20(12-15)27-4/h8-12,16,25H,6-7,13H2,1-5H3/t16-,23+/m1/s1. The monoisotopic (exact) mass is 432 g/mol. The predicted octanol–water partition coefficient (Wildman–Crippen LogP) is 3.27. The fourth-order valence-corrected chi connectivity index (χ4v) is 3.88. The second kappa shape index (κ2) is 9.34. The fourth-order valence-electron chi connectivity index (χ4n) is 3.88. The lowest BCUT2D eigenvalue weighted by atomic mass is 9.74. The Morgan fingerprint density at radius 1 is 1.00 bits per heavy atom. The molecule has 0 aromatic heterocycles. The summed E-state index contributed by atoms with van der Waals surface area (Å²) in [4.78, 5) is 12.9. The van der Waals surface area contributed by atoms with Gasteiger partial charge in [0.2, 0.25) is 12.5 Å². The summed E-state index contributed by atoms with van der Waals surface area (Å²) >= 11 is 0. The van der Waals surface area contributed by atoms with Crippen molar-refractivity contribution in [3.63, 3.8) is 0 Å². The average Bonchev–Trinajstić information content (AvgIpc) is 3.26. The van der Waals surface area contributed by atoms with Crippen LogP contribution in [0.1, 0.15) is 31.4 Å².